The first-order valence-corrected chi connectivity index (χ1v) is 8.33. The van der Waals surface area contributed by atoms with Crippen molar-refractivity contribution in [1.82, 2.24) is 0 Å². The average Bonchev–Trinajstić information content (AvgIpc) is 2.82. The summed E-state index contributed by atoms with van der Waals surface area (Å²) in [4.78, 5) is 0. The van der Waals surface area contributed by atoms with Gasteiger partial charge in [0.1, 0.15) is 5.82 Å². The fourth-order valence-electron chi connectivity index (χ4n) is 4.50. The molecule has 3 unspecified atom stereocenters. The molecule has 1 aromatic carbocycles. The minimum Gasteiger partial charge on any atom is -0.397 e. The maximum absolute atomic E-state index is 13.8. The summed E-state index contributed by atoms with van der Waals surface area (Å²) in [5.74, 6) is 0.563. The van der Waals surface area contributed by atoms with E-state index in [-0.39, 0.29) is 11.2 Å². The van der Waals surface area contributed by atoms with Gasteiger partial charge >= 0.3 is 0 Å². The maximum Gasteiger partial charge on any atom is 0.138 e. The Morgan fingerprint density at radius 3 is 2.65 bits per heavy atom. The molecule has 110 valence electrons. The summed E-state index contributed by atoms with van der Waals surface area (Å²) in [5.41, 5.74) is 7.99. The second-order valence-corrected chi connectivity index (χ2v) is 8.51. The highest BCUT2D eigenvalue weighted by Gasteiger charge is 2.59. The first-order chi connectivity index (χ1) is 9.24. The van der Waals surface area contributed by atoms with Crippen molar-refractivity contribution in [3.63, 3.8) is 0 Å². The van der Waals surface area contributed by atoms with Crippen molar-refractivity contribution >= 4 is 34.0 Å². The van der Waals surface area contributed by atoms with E-state index in [1.165, 1.54) is 19.3 Å². The highest BCUT2D eigenvalue weighted by molar-refractivity contribution is 14.1. The average molecular weight is 388 g/mol. The molecule has 3 rings (SSSR count). The Balaban J connectivity index is 1.93. The van der Waals surface area contributed by atoms with Crippen molar-refractivity contribution in [2.24, 2.45) is 16.7 Å². The van der Waals surface area contributed by atoms with Crippen molar-refractivity contribution in [2.45, 2.75) is 46.1 Å². The van der Waals surface area contributed by atoms with E-state index in [0.717, 1.165) is 11.6 Å². The molecule has 0 amide bonds. The number of halogens is 2. The van der Waals surface area contributed by atoms with Crippen LogP contribution in [0.3, 0.4) is 0 Å². The Morgan fingerprint density at radius 2 is 2.05 bits per heavy atom. The monoisotopic (exact) mass is 388 g/mol. The van der Waals surface area contributed by atoms with Crippen molar-refractivity contribution in [1.29, 1.82) is 0 Å². The van der Waals surface area contributed by atoms with Gasteiger partial charge in [0.05, 0.1) is 14.9 Å². The quantitative estimate of drug-likeness (QED) is 0.572. The standard InChI is InChI=1S/C16H22FIN2/c1-15(2)9-4-5-16(3,8-9)14(15)20-13-6-10(17)11(18)7-12(13)19/h6-7,9,14,20H,4-5,8,19H2,1-3H3. The van der Waals surface area contributed by atoms with Gasteiger partial charge in [0, 0.05) is 12.1 Å². The summed E-state index contributed by atoms with van der Waals surface area (Å²) in [5, 5.41) is 3.57. The largest absolute Gasteiger partial charge is 0.397 e. The second kappa shape index (κ2) is 4.49. The minimum atomic E-state index is -0.201. The molecular formula is C16H22FIN2. The van der Waals surface area contributed by atoms with Gasteiger partial charge < -0.3 is 11.1 Å². The summed E-state index contributed by atoms with van der Waals surface area (Å²) < 4.78 is 14.4. The normalized spacial score (nSPS) is 34.5. The number of benzene rings is 1. The van der Waals surface area contributed by atoms with E-state index < -0.39 is 0 Å². The van der Waals surface area contributed by atoms with Crippen LogP contribution >= 0.6 is 22.6 Å². The van der Waals surface area contributed by atoms with Crippen LogP contribution in [-0.4, -0.2) is 6.04 Å². The molecule has 0 heterocycles. The first kappa shape index (κ1) is 14.4. The summed E-state index contributed by atoms with van der Waals surface area (Å²) in [6.07, 6.45) is 3.84. The summed E-state index contributed by atoms with van der Waals surface area (Å²) >= 11 is 1.98. The summed E-state index contributed by atoms with van der Waals surface area (Å²) in [6, 6.07) is 3.61. The third kappa shape index (κ3) is 2.02. The Kier molecular flexibility index (Phi) is 3.23. The van der Waals surface area contributed by atoms with E-state index in [9.17, 15) is 4.39 Å². The van der Waals surface area contributed by atoms with Crippen molar-refractivity contribution in [3.05, 3.63) is 21.5 Å². The van der Waals surface area contributed by atoms with Crippen LogP contribution in [0.25, 0.3) is 0 Å². The number of rotatable bonds is 2. The van der Waals surface area contributed by atoms with Gasteiger partial charge in [-0.2, -0.15) is 0 Å². The lowest BCUT2D eigenvalue weighted by Crippen LogP contribution is -2.45. The number of hydrogen-bond acceptors (Lipinski definition) is 2. The summed E-state index contributed by atoms with van der Waals surface area (Å²) in [7, 11) is 0. The smallest absolute Gasteiger partial charge is 0.138 e. The molecule has 2 aliphatic carbocycles. The number of hydrogen-bond donors (Lipinski definition) is 2. The first-order valence-electron chi connectivity index (χ1n) is 7.25. The molecule has 2 fully saturated rings. The highest BCUT2D eigenvalue weighted by Crippen LogP contribution is 2.63. The highest BCUT2D eigenvalue weighted by atomic mass is 127. The molecule has 0 saturated heterocycles. The second-order valence-electron chi connectivity index (χ2n) is 7.35. The maximum atomic E-state index is 13.8. The molecule has 0 radical (unpaired) electrons. The van der Waals surface area contributed by atoms with E-state index in [1.54, 1.807) is 12.1 Å². The fraction of sp³-hybridized carbons (Fsp3) is 0.625. The molecule has 3 N–H and O–H groups in total. The van der Waals surface area contributed by atoms with Crippen LogP contribution in [0, 0.1) is 26.1 Å². The third-order valence-electron chi connectivity index (χ3n) is 5.66. The lowest BCUT2D eigenvalue weighted by Gasteiger charge is -2.43. The van der Waals surface area contributed by atoms with Crippen molar-refractivity contribution in [2.75, 3.05) is 11.1 Å². The molecule has 2 saturated carbocycles. The number of fused-ring (bicyclic) bond motifs is 2. The molecule has 0 aromatic heterocycles. The van der Waals surface area contributed by atoms with Gasteiger partial charge in [0.2, 0.25) is 0 Å². The summed E-state index contributed by atoms with van der Waals surface area (Å²) in [6.45, 7) is 7.02. The number of nitrogens with two attached hydrogens (primary N) is 1. The molecule has 2 aliphatic rings. The Morgan fingerprint density at radius 1 is 1.35 bits per heavy atom. The van der Waals surface area contributed by atoms with Crippen LogP contribution in [0.2, 0.25) is 0 Å². The molecule has 20 heavy (non-hydrogen) atoms. The van der Waals surface area contributed by atoms with Crippen LogP contribution < -0.4 is 11.1 Å². The topological polar surface area (TPSA) is 38.0 Å². The third-order valence-corrected chi connectivity index (χ3v) is 6.49. The van der Waals surface area contributed by atoms with Crippen LogP contribution in [-0.2, 0) is 0 Å². The lowest BCUT2D eigenvalue weighted by molar-refractivity contribution is 0.155. The molecule has 2 bridgehead atoms. The van der Waals surface area contributed by atoms with Crippen molar-refractivity contribution in [3.8, 4) is 0 Å². The van der Waals surface area contributed by atoms with Gasteiger partial charge in [-0.1, -0.05) is 20.8 Å². The Labute approximate surface area is 133 Å². The molecule has 0 aliphatic heterocycles. The number of nitrogens with one attached hydrogen (secondary N) is 1. The van der Waals surface area contributed by atoms with Crippen LogP contribution in [0.15, 0.2) is 12.1 Å². The van der Waals surface area contributed by atoms with E-state index >= 15 is 0 Å². The Hall–Kier alpha value is -0.520. The molecule has 2 nitrogen and oxygen atoms in total. The predicted octanol–water partition coefficient (Wildman–Crippen LogP) is 4.64. The van der Waals surface area contributed by atoms with Gasteiger partial charge in [-0.15, -0.1) is 0 Å². The van der Waals surface area contributed by atoms with Gasteiger partial charge in [0.15, 0.2) is 0 Å². The Bertz CT molecular complexity index is 553. The molecule has 3 atom stereocenters. The lowest BCUT2D eigenvalue weighted by atomic mass is 9.68. The molecule has 1 aromatic rings. The molecular weight excluding hydrogens is 366 g/mol. The van der Waals surface area contributed by atoms with Crippen LogP contribution in [0.4, 0.5) is 15.8 Å². The van der Waals surface area contributed by atoms with Gasteiger partial charge in [-0.25, -0.2) is 4.39 Å². The van der Waals surface area contributed by atoms with Crippen LogP contribution in [0.1, 0.15) is 40.0 Å². The zero-order valence-corrected chi connectivity index (χ0v) is 14.4. The zero-order chi connectivity index (χ0) is 14.7. The fourth-order valence-corrected chi connectivity index (χ4v) is 5.00. The minimum absolute atomic E-state index is 0.201. The molecule has 4 heteroatoms. The van der Waals surface area contributed by atoms with Gasteiger partial charge in [-0.05, 0) is 64.7 Å². The van der Waals surface area contributed by atoms with Gasteiger partial charge in [-0.3, -0.25) is 0 Å². The van der Waals surface area contributed by atoms with E-state index in [4.69, 9.17) is 5.73 Å². The molecule has 0 spiro atoms. The van der Waals surface area contributed by atoms with E-state index in [1.807, 2.05) is 22.6 Å². The van der Waals surface area contributed by atoms with Gasteiger partial charge in [0.25, 0.3) is 0 Å². The number of nitrogen functional groups attached to an aromatic ring is 1. The van der Waals surface area contributed by atoms with Crippen molar-refractivity contribution < 1.29 is 4.39 Å². The zero-order valence-electron chi connectivity index (χ0n) is 12.3. The number of anilines is 2. The van der Waals surface area contributed by atoms with Crippen LogP contribution in [0.5, 0.6) is 0 Å². The SMILES string of the molecule is CC12CCC(C1)C(C)(C)C2Nc1cc(F)c(I)cc1N. The van der Waals surface area contributed by atoms with E-state index in [2.05, 4.69) is 26.1 Å². The van der Waals surface area contributed by atoms with E-state index in [0.29, 0.717) is 20.7 Å². The predicted molar refractivity (Wildman–Crippen MR) is 90.2 cm³/mol.